The molecule has 1 atom stereocenters. The highest BCUT2D eigenvalue weighted by atomic mass is 16.2. The normalized spacial score (nSPS) is 27.4. The van der Waals surface area contributed by atoms with Crippen molar-refractivity contribution in [3.63, 3.8) is 0 Å². The van der Waals surface area contributed by atoms with Crippen LogP contribution >= 0.6 is 0 Å². The molecular formula is C4H7N3O. The van der Waals surface area contributed by atoms with Crippen molar-refractivity contribution in [3.8, 4) is 0 Å². The number of amidine groups is 1. The molecule has 0 saturated heterocycles. The van der Waals surface area contributed by atoms with Gasteiger partial charge in [-0.05, 0) is 6.92 Å². The van der Waals surface area contributed by atoms with Gasteiger partial charge >= 0.3 is 6.03 Å². The molecule has 2 amide bonds. The van der Waals surface area contributed by atoms with Gasteiger partial charge in [-0.1, -0.05) is 0 Å². The van der Waals surface area contributed by atoms with Gasteiger partial charge in [-0.2, -0.15) is 4.99 Å². The summed E-state index contributed by atoms with van der Waals surface area (Å²) < 4.78 is 0. The topological polar surface area (TPSA) is 67.5 Å². The lowest BCUT2D eigenvalue weighted by Crippen LogP contribution is -2.32. The monoisotopic (exact) mass is 113 g/mol. The zero-order chi connectivity index (χ0) is 6.15. The lowest BCUT2D eigenvalue weighted by Gasteiger charge is -1.98. The van der Waals surface area contributed by atoms with Gasteiger partial charge in [0, 0.05) is 0 Å². The van der Waals surface area contributed by atoms with Crippen LogP contribution in [0.15, 0.2) is 4.99 Å². The number of amides is 2. The Morgan fingerprint density at radius 2 is 2.50 bits per heavy atom. The second-order valence-corrected chi connectivity index (χ2v) is 1.71. The summed E-state index contributed by atoms with van der Waals surface area (Å²) in [4.78, 5) is 13.7. The molecule has 0 aromatic carbocycles. The fourth-order valence-corrected chi connectivity index (χ4v) is 0.506. The summed E-state index contributed by atoms with van der Waals surface area (Å²) >= 11 is 0. The third-order valence-corrected chi connectivity index (χ3v) is 1.01. The number of nitrogens with zero attached hydrogens (tertiary/aromatic N) is 1. The minimum Gasteiger partial charge on any atom is -0.385 e. The fourth-order valence-electron chi connectivity index (χ4n) is 0.506. The Bertz CT molecular complexity index is 151. The molecule has 0 saturated carbocycles. The van der Waals surface area contributed by atoms with Crippen LogP contribution in [0.1, 0.15) is 6.92 Å². The summed E-state index contributed by atoms with van der Waals surface area (Å²) in [5.41, 5.74) is 5.24. The number of nitrogens with two attached hydrogens (primary N) is 1. The molecule has 0 unspecified atom stereocenters. The molecule has 4 heteroatoms. The minimum absolute atomic E-state index is 0.0810. The van der Waals surface area contributed by atoms with Crippen LogP contribution in [0.5, 0.6) is 0 Å². The number of nitrogens with one attached hydrogen (secondary N) is 1. The van der Waals surface area contributed by atoms with E-state index < -0.39 is 0 Å². The molecule has 0 bridgehead atoms. The third-order valence-electron chi connectivity index (χ3n) is 1.01. The number of rotatable bonds is 0. The molecule has 0 aromatic rings. The first-order valence-electron chi connectivity index (χ1n) is 2.34. The molecule has 0 fully saturated rings. The van der Waals surface area contributed by atoms with Crippen molar-refractivity contribution >= 4 is 11.9 Å². The van der Waals surface area contributed by atoms with E-state index in [1.165, 1.54) is 0 Å². The van der Waals surface area contributed by atoms with Gasteiger partial charge in [0.1, 0.15) is 5.84 Å². The second kappa shape index (κ2) is 1.47. The van der Waals surface area contributed by atoms with Gasteiger partial charge in [-0.3, -0.25) is 0 Å². The van der Waals surface area contributed by atoms with E-state index in [0.29, 0.717) is 5.84 Å². The molecule has 1 aliphatic heterocycles. The Kier molecular flexibility index (Phi) is 0.932. The number of carbonyl (C=O) groups is 1. The second-order valence-electron chi connectivity index (χ2n) is 1.71. The van der Waals surface area contributed by atoms with E-state index in [1.54, 1.807) is 6.92 Å². The Morgan fingerprint density at radius 3 is 2.62 bits per heavy atom. The van der Waals surface area contributed by atoms with E-state index in [-0.39, 0.29) is 12.1 Å². The molecule has 8 heavy (non-hydrogen) atoms. The van der Waals surface area contributed by atoms with Crippen molar-refractivity contribution in [3.05, 3.63) is 0 Å². The largest absolute Gasteiger partial charge is 0.385 e. The van der Waals surface area contributed by atoms with Crippen LogP contribution in [0.2, 0.25) is 0 Å². The fraction of sp³-hybridized carbons (Fsp3) is 0.500. The highest BCUT2D eigenvalue weighted by Crippen LogP contribution is 1.92. The third kappa shape index (κ3) is 0.641. The zero-order valence-corrected chi connectivity index (χ0v) is 4.51. The lowest BCUT2D eigenvalue weighted by molar-refractivity contribution is 0.250. The van der Waals surface area contributed by atoms with Gasteiger partial charge in [-0.15, -0.1) is 0 Å². The summed E-state index contributed by atoms with van der Waals surface area (Å²) in [6.07, 6.45) is 0. The molecule has 1 aliphatic rings. The molecule has 1 heterocycles. The number of aliphatic imine (C=N–C) groups is 1. The first kappa shape index (κ1) is 5.08. The molecule has 0 radical (unpaired) electrons. The number of hydrogen-bond donors (Lipinski definition) is 2. The molecule has 3 N–H and O–H groups in total. The lowest BCUT2D eigenvalue weighted by atomic mass is 10.3. The van der Waals surface area contributed by atoms with Gasteiger partial charge in [0.2, 0.25) is 0 Å². The highest BCUT2D eigenvalue weighted by molar-refractivity contribution is 6.02. The molecule has 0 aliphatic carbocycles. The zero-order valence-electron chi connectivity index (χ0n) is 4.51. The Hall–Kier alpha value is -1.06. The van der Waals surface area contributed by atoms with E-state index in [2.05, 4.69) is 10.3 Å². The first-order valence-corrected chi connectivity index (χ1v) is 2.34. The molecule has 1 rings (SSSR count). The predicted molar refractivity (Wildman–Crippen MR) is 29.6 cm³/mol. The molecule has 44 valence electrons. The summed E-state index contributed by atoms with van der Waals surface area (Å²) in [6, 6.07) is -0.419. The molecular weight excluding hydrogens is 106 g/mol. The van der Waals surface area contributed by atoms with E-state index in [4.69, 9.17) is 5.73 Å². The summed E-state index contributed by atoms with van der Waals surface area (Å²) in [5.74, 6) is 0.370. The Labute approximate surface area is 46.8 Å². The summed E-state index contributed by atoms with van der Waals surface area (Å²) in [6.45, 7) is 1.78. The Morgan fingerprint density at radius 1 is 1.88 bits per heavy atom. The standard InChI is InChI=1S/C4H7N3O/c1-2-3(5)7-4(8)6-2/h2H,1H3,(H3,5,6,7,8)/t2-/m0/s1. The quantitative estimate of drug-likeness (QED) is 0.442. The highest BCUT2D eigenvalue weighted by Gasteiger charge is 2.17. The van der Waals surface area contributed by atoms with Crippen molar-refractivity contribution in [1.29, 1.82) is 0 Å². The molecule has 4 nitrogen and oxygen atoms in total. The minimum atomic E-state index is -0.338. The van der Waals surface area contributed by atoms with Gasteiger partial charge in [0.15, 0.2) is 0 Å². The van der Waals surface area contributed by atoms with E-state index in [9.17, 15) is 4.79 Å². The van der Waals surface area contributed by atoms with Crippen molar-refractivity contribution in [1.82, 2.24) is 5.32 Å². The maximum atomic E-state index is 10.3. The van der Waals surface area contributed by atoms with Crippen molar-refractivity contribution < 1.29 is 4.79 Å². The summed E-state index contributed by atoms with van der Waals surface area (Å²) in [5, 5.41) is 2.50. The van der Waals surface area contributed by atoms with Crippen LogP contribution in [0, 0.1) is 0 Å². The Balaban J connectivity index is 2.73. The smallest absolute Gasteiger partial charge is 0.343 e. The van der Waals surface area contributed by atoms with Crippen LogP contribution < -0.4 is 11.1 Å². The van der Waals surface area contributed by atoms with Gasteiger partial charge in [-0.25, -0.2) is 4.79 Å². The van der Waals surface area contributed by atoms with Crippen LogP contribution in [0.25, 0.3) is 0 Å². The molecule has 0 aromatic heterocycles. The van der Waals surface area contributed by atoms with E-state index in [0.717, 1.165) is 0 Å². The van der Waals surface area contributed by atoms with E-state index in [1.807, 2.05) is 0 Å². The van der Waals surface area contributed by atoms with Crippen molar-refractivity contribution in [2.75, 3.05) is 0 Å². The van der Waals surface area contributed by atoms with Gasteiger partial charge in [0.05, 0.1) is 6.04 Å². The SMILES string of the molecule is C[C@@H]1NC(=O)N=C1N. The molecule has 0 spiro atoms. The van der Waals surface area contributed by atoms with Crippen LogP contribution in [-0.4, -0.2) is 17.9 Å². The van der Waals surface area contributed by atoms with Gasteiger partial charge < -0.3 is 11.1 Å². The maximum absolute atomic E-state index is 10.3. The average molecular weight is 113 g/mol. The predicted octanol–water partition coefficient (Wildman–Crippen LogP) is -0.545. The van der Waals surface area contributed by atoms with Crippen molar-refractivity contribution in [2.45, 2.75) is 13.0 Å². The number of hydrogen-bond acceptors (Lipinski definition) is 2. The first-order chi connectivity index (χ1) is 3.70. The van der Waals surface area contributed by atoms with Crippen LogP contribution in [0.4, 0.5) is 4.79 Å². The average Bonchev–Trinajstić information content (AvgIpc) is 1.85. The number of carbonyl (C=O) groups excluding carboxylic acids is 1. The van der Waals surface area contributed by atoms with E-state index >= 15 is 0 Å². The van der Waals surface area contributed by atoms with Crippen LogP contribution in [-0.2, 0) is 0 Å². The maximum Gasteiger partial charge on any atom is 0.343 e. The number of urea groups is 1. The summed E-state index contributed by atoms with van der Waals surface area (Å²) in [7, 11) is 0. The van der Waals surface area contributed by atoms with Crippen molar-refractivity contribution in [2.24, 2.45) is 10.7 Å². The van der Waals surface area contributed by atoms with Gasteiger partial charge in [0.25, 0.3) is 0 Å². The van der Waals surface area contributed by atoms with Crippen LogP contribution in [0.3, 0.4) is 0 Å².